The van der Waals surface area contributed by atoms with Crippen molar-refractivity contribution in [3.05, 3.63) is 41.0 Å². The van der Waals surface area contributed by atoms with Crippen molar-refractivity contribution in [2.45, 2.75) is 26.4 Å². The number of nitrogens with one attached hydrogen (secondary N) is 1. The average molecular weight is 322 g/mol. The molecule has 0 atom stereocenters. The summed E-state index contributed by atoms with van der Waals surface area (Å²) in [4.78, 5) is 13.8. The SMILES string of the molecule is CC(C)N(C)CC(=O)NCc1cc(-c2ccccc2Cl)on1. The van der Waals surface area contributed by atoms with E-state index in [1.54, 1.807) is 12.1 Å². The van der Waals surface area contributed by atoms with Gasteiger partial charge in [0.05, 0.1) is 18.1 Å². The predicted molar refractivity (Wildman–Crippen MR) is 86.6 cm³/mol. The second-order valence-corrected chi connectivity index (χ2v) is 5.86. The highest BCUT2D eigenvalue weighted by molar-refractivity contribution is 6.33. The molecule has 6 heteroatoms. The molecule has 0 unspecified atom stereocenters. The monoisotopic (exact) mass is 321 g/mol. The summed E-state index contributed by atoms with van der Waals surface area (Å²) in [6.45, 7) is 4.77. The molecule has 0 fully saturated rings. The molecule has 1 aromatic carbocycles. The Morgan fingerprint density at radius 2 is 2.14 bits per heavy atom. The van der Waals surface area contributed by atoms with E-state index >= 15 is 0 Å². The van der Waals surface area contributed by atoms with Gasteiger partial charge in [-0.3, -0.25) is 9.69 Å². The van der Waals surface area contributed by atoms with Crippen LogP contribution in [0.25, 0.3) is 11.3 Å². The van der Waals surface area contributed by atoms with Crippen LogP contribution < -0.4 is 5.32 Å². The van der Waals surface area contributed by atoms with Crippen LogP contribution in [0.5, 0.6) is 0 Å². The van der Waals surface area contributed by atoms with Crippen molar-refractivity contribution < 1.29 is 9.32 Å². The standard InChI is InChI=1S/C16H20ClN3O2/c1-11(2)20(3)10-16(21)18-9-12-8-15(22-19-12)13-6-4-5-7-14(13)17/h4-8,11H,9-10H2,1-3H3,(H,18,21). The number of aromatic nitrogens is 1. The van der Waals surface area contributed by atoms with Gasteiger partial charge in [-0.15, -0.1) is 0 Å². The van der Waals surface area contributed by atoms with Crippen LogP contribution in [0.2, 0.25) is 5.02 Å². The zero-order valence-corrected chi connectivity index (χ0v) is 13.7. The van der Waals surface area contributed by atoms with E-state index < -0.39 is 0 Å². The van der Waals surface area contributed by atoms with E-state index in [0.29, 0.717) is 35.6 Å². The van der Waals surface area contributed by atoms with E-state index in [1.807, 2.05) is 44.0 Å². The molecule has 1 aromatic heterocycles. The molecule has 1 N–H and O–H groups in total. The third-order valence-corrected chi connectivity index (χ3v) is 3.77. The van der Waals surface area contributed by atoms with Crippen LogP contribution >= 0.6 is 11.6 Å². The number of carbonyl (C=O) groups is 1. The first-order valence-corrected chi connectivity index (χ1v) is 7.52. The van der Waals surface area contributed by atoms with Gasteiger partial charge in [-0.25, -0.2) is 0 Å². The van der Waals surface area contributed by atoms with E-state index in [2.05, 4.69) is 10.5 Å². The van der Waals surface area contributed by atoms with E-state index in [4.69, 9.17) is 16.1 Å². The van der Waals surface area contributed by atoms with Gasteiger partial charge in [0.25, 0.3) is 0 Å². The molecule has 5 nitrogen and oxygen atoms in total. The van der Waals surface area contributed by atoms with Gasteiger partial charge < -0.3 is 9.84 Å². The van der Waals surface area contributed by atoms with Gasteiger partial charge >= 0.3 is 0 Å². The summed E-state index contributed by atoms with van der Waals surface area (Å²) >= 11 is 6.12. The first kappa shape index (κ1) is 16.5. The molecule has 1 amide bonds. The van der Waals surface area contributed by atoms with Gasteiger partial charge in [0.1, 0.15) is 5.69 Å². The zero-order valence-electron chi connectivity index (χ0n) is 13.0. The second kappa shape index (κ2) is 7.42. The summed E-state index contributed by atoms with van der Waals surface area (Å²) in [5.74, 6) is 0.549. The molecule has 0 bridgehead atoms. The quantitative estimate of drug-likeness (QED) is 0.888. The Labute approximate surface area is 135 Å². The van der Waals surface area contributed by atoms with Crippen molar-refractivity contribution in [2.75, 3.05) is 13.6 Å². The maximum atomic E-state index is 11.8. The third kappa shape index (κ3) is 4.32. The van der Waals surface area contributed by atoms with Crippen LogP contribution in [0.3, 0.4) is 0 Å². The number of carbonyl (C=O) groups excluding carboxylic acids is 1. The fourth-order valence-electron chi connectivity index (χ4n) is 1.84. The molecule has 0 spiro atoms. The topological polar surface area (TPSA) is 58.4 Å². The molecule has 0 aliphatic heterocycles. The van der Waals surface area contributed by atoms with Crippen LogP contribution in [-0.2, 0) is 11.3 Å². The number of halogens is 1. The lowest BCUT2D eigenvalue weighted by atomic mass is 10.1. The fraction of sp³-hybridized carbons (Fsp3) is 0.375. The van der Waals surface area contributed by atoms with Crippen LogP contribution in [0.4, 0.5) is 0 Å². The summed E-state index contributed by atoms with van der Waals surface area (Å²) < 4.78 is 5.29. The van der Waals surface area contributed by atoms with E-state index in [0.717, 1.165) is 5.56 Å². The Hall–Kier alpha value is -1.85. The van der Waals surface area contributed by atoms with Crippen molar-refractivity contribution in [1.29, 1.82) is 0 Å². The van der Waals surface area contributed by atoms with Crippen LogP contribution in [0.15, 0.2) is 34.9 Å². The number of rotatable bonds is 6. The van der Waals surface area contributed by atoms with Crippen molar-refractivity contribution in [2.24, 2.45) is 0 Å². The Bertz CT molecular complexity index is 640. The molecule has 0 saturated heterocycles. The minimum Gasteiger partial charge on any atom is -0.356 e. The van der Waals surface area contributed by atoms with Gasteiger partial charge in [-0.05, 0) is 33.0 Å². The van der Waals surface area contributed by atoms with Gasteiger partial charge in [0.2, 0.25) is 5.91 Å². The van der Waals surface area contributed by atoms with Crippen molar-refractivity contribution in [3.63, 3.8) is 0 Å². The normalized spacial score (nSPS) is 11.2. The highest BCUT2D eigenvalue weighted by Gasteiger charge is 2.12. The fourth-order valence-corrected chi connectivity index (χ4v) is 2.07. The molecule has 0 aliphatic carbocycles. The molecule has 0 radical (unpaired) electrons. The summed E-state index contributed by atoms with van der Waals surface area (Å²) in [6, 6.07) is 9.50. The van der Waals surface area contributed by atoms with Gasteiger partial charge in [-0.2, -0.15) is 0 Å². The molecule has 22 heavy (non-hydrogen) atoms. The maximum Gasteiger partial charge on any atom is 0.234 e. The van der Waals surface area contributed by atoms with Gasteiger partial charge in [-0.1, -0.05) is 28.9 Å². The third-order valence-electron chi connectivity index (χ3n) is 3.44. The predicted octanol–water partition coefficient (Wildman–Crippen LogP) is 2.95. The van der Waals surface area contributed by atoms with E-state index in [1.165, 1.54) is 0 Å². The molecule has 118 valence electrons. The Morgan fingerprint density at radius 1 is 1.41 bits per heavy atom. The molecule has 2 rings (SSSR count). The lowest BCUT2D eigenvalue weighted by molar-refractivity contribution is -0.122. The molecule has 1 heterocycles. The summed E-state index contributed by atoms with van der Waals surface area (Å²) in [6.07, 6.45) is 0. The number of likely N-dealkylation sites (N-methyl/N-ethyl adjacent to an activating group) is 1. The number of amides is 1. The number of hydrogen-bond acceptors (Lipinski definition) is 4. The first-order valence-electron chi connectivity index (χ1n) is 7.15. The molecular weight excluding hydrogens is 302 g/mol. The molecule has 2 aromatic rings. The largest absolute Gasteiger partial charge is 0.356 e. The summed E-state index contributed by atoms with van der Waals surface area (Å²) in [5.41, 5.74) is 1.45. The van der Waals surface area contributed by atoms with Crippen LogP contribution in [0.1, 0.15) is 19.5 Å². The number of nitrogens with zero attached hydrogens (tertiary/aromatic N) is 2. The first-order chi connectivity index (χ1) is 10.5. The highest BCUT2D eigenvalue weighted by atomic mass is 35.5. The van der Waals surface area contributed by atoms with Crippen molar-refractivity contribution in [1.82, 2.24) is 15.4 Å². The summed E-state index contributed by atoms with van der Waals surface area (Å²) in [7, 11) is 1.91. The lowest BCUT2D eigenvalue weighted by Crippen LogP contribution is -2.38. The molecule has 0 aliphatic rings. The molecule has 0 saturated carbocycles. The van der Waals surface area contributed by atoms with Crippen molar-refractivity contribution >= 4 is 17.5 Å². The minimum atomic E-state index is -0.0431. The van der Waals surface area contributed by atoms with Crippen molar-refractivity contribution in [3.8, 4) is 11.3 Å². The zero-order chi connectivity index (χ0) is 16.1. The smallest absolute Gasteiger partial charge is 0.234 e. The summed E-state index contributed by atoms with van der Waals surface area (Å²) in [5, 5.41) is 7.39. The lowest BCUT2D eigenvalue weighted by Gasteiger charge is -2.19. The highest BCUT2D eigenvalue weighted by Crippen LogP contribution is 2.27. The van der Waals surface area contributed by atoms with Crippen LogP contribution in [0, 0.1) is 0 Å². The average Bonchev–Trinajstić information content (AvgIpc) is 2.94. The molecular formula is C16H20ClN3O2. The number of hydrogen-bond donors (Lipinski definition) is 1. The number of benzene rings is 1. The maximum absolute atomic E-state index is 11.8. The van der Waals surface area contributed by atoms with Gasteiger partial charge in [0, 0.05) is 17.7 Å². The second-order valence-electron chi connectivity index (χ2n) is 5.45. The Morgan fingerprint density at radius 3 is 2.82 bits per heavy atom. The van der Waals surface area contributed by atoms with E-state index in [-0.39, 0.29) is 5.91 Å². The minimum absolute atomic E-state index is 0.0431. The van der Waals surface area contributed by atoms with Crippen LogP contribution in [-0.4, -0.2) is 35.6 Å². The Kier molecular flexibility index (Phi) is 5.57. The Balaban J connectivity index is 1.93. The van der Waals surface area contributed by atoms with Gasteiger partial charge in [0.15, 0.2) is 5.76 Å². The van der Waals surface area contributed by atoms with E-state index in [9.17, 15) is 4.79 Å².